The summed E-state index contributed by atoms with van der Waals surface area (Å²) in [6.45, 7) is 4.74. The molecular formula is C37H35NO6. The Morgan fingerprint density at radius 1 is 0.523 bits per heavy atom. The van der Waals surface area contributed by atoms with Gasteiger partial charge >= 0.3 is 11.9 Å². The minimum Gasteiger partial charge on any atom is -0.489 e. The van der Waals surface area contributed by atoms with Crippen LogP contribution in [0.1, 0.15) is 42.5 Å². The van der Waals surface area contributed by atoms with Crippen LogP contribution in [-0.4, -0.2) is 11.9 Å². The van der Waals surface area contributed by atoms with E-state index in [0.717, 1.165) is 33.8 Å². The number of carbonyl (C=O) groups is 2. The lowest BCUT2D eigenvalue weighted by atomic mass is 9.98. The molecule has 224 valence electrons. The molecule has 0 amide bonds. The van der Waals surface area contributed by atoms with Gasteiger partial charge in [-0.25, -0.2) is 9.59 Å². The molecule has 0 saturated carbocycles. The molecule has 1 aliphatic heterocycles. The summed E-state index contributed by atoms with van der Waals surface area (Å²) in [4.78, 5) is 26.0. The lowest BCUT2D eigenvalue weighted by molar-refractivity contribution is -0.141. The third-order valence-corrected chi connectivity index (χ3v) is 7.21. The summed E-state index contributed by atoms with van der Waals surface area (Å²) in [5, 5.41) is 3.13. The van der Waals surface area contributed by atoms with Crippen molar-refractivity contribution in [2.45, 2.75) is 46.7 Å². The fraction of sp³-hybridized carbons (Fsp3) is 0.189. The summed E-state index contributed by atoms with van der Waals surface area (Å²) in [5.41, 5.74) is 5.92. The second-order valence-corrected chi connectivity index (χ2v) is 10.5. The highest BCUT2D eigenvalue weighted by atomic mass is 16.5. The van der Waals surface area contributed by atoms with E-state index < -0.39 is 11.9 Å². The number of allylic oxidation sites excluding steroid dienone is 2. The average Bonchev–Trinajstić information content (AvgIpc) is 3.06. The highest BCUT2D eigenvalue weighted by Crippen LogP contribution is 2.26. The van der Waals surface area contributed by atoms with Gasteiger partial charge in [-0.2, -0.15) is 0 Å². The zero-order valence-corrected chi connectivity index (χ0v) is 24.9. The van der Waals surface area contributed by atoms with Crippen LogP contribution in [0, 0.1) is 0 Å². The first-order valence-corrected chi connectivity index (χ1v) is 14.5. The van der Waals surface area contributed by atoms with Gasteiger partial charge in [0.1, 0.15) is 37.9 Å². The van der Waals surface area contributed by atoms with Crippen molar-refractivity contribution >= 4 is 11.9 Å². The van der Waals surface area contributed by atoms with Gasteiger partial charge in [0.15, 0.2) is 0 Å². The molecule has 0 atom stereocenters. The van der Waals surface area contributed by atoms with Crippen molar-refractivity contribution in [3.05, 3.63) is 154 Å². The maximum Gasteiger partial charge on any atom is 0.336 e. The summed E-state index contributed by atoms with van der Waals surface area (Å²) >= 11 is 0. The van der Waals surface area contributed by atoms with E-state index >= 15 is 0 Å². The van der Waals surface area contributed by atoms with Gasteiger partial charge in [0.25, 0.3) is 0 Å². The van der Waals surface area contributed by atoms with Gasteiger partial charge in [-0.1, -0.05) is 84.9 Å². The van der Waals surface area contributed by atoms with Crippen molar-refractivity contribution in [3.8, 4) is 11.5 Å². The van der Waals surface area contributed by atoms with Crippen LogP contribution in [0.3, 0.4) is 0 Å². The van der Waals surface area contributed by atoms with Gasteiger partial charge < -0.3 is 24.3 Å². The zero-order chi connectivity index (χ0) is 30.7. The molecule has 0 unspecified atom stereocenters. The number of ether oxygens (including phenoxy) is 4. The smallest absolute Gasteiger partial charge is 0.336 e. The highest BCUT2D eigenvalue weighted by molar-refractivity contribution is 5.96. The van der Waals surface area contributed by atoms with Gasteiger partial charge in [0, 0.05) is 17.8 Å². The number of dihydropyridines is 1. The Morgan fingerprint density at radius 2 is 0.886 bits per heavy atom. The molecule has 4 aromatic carbocycles. The molecule has 0 spiro atoms. The predicted molar refractivity (Wildman–Crippen MR) is 167 cm³/mol. The van der Waals surface area contributed by atoms with E-state index in [9.17, 15) is 9.59 Å². The standard InChI is InChI=1S/C37H35NO6/c1-26-34(36(39)43-24-30-13-17-32(18-14-30)41-22-28-9-5-3-6-10-28)21-35(27(2)38-26)37(40)44-25-31-15-19-33(20-16-31)42-23-29-11-7-4-8-12-29/h3-20,38H,21-25H2,1-2H3. The number of rotatable bonds is 12. The van der Waals surface area contributed by atoms with E-state index in [4.69, 9.17) is 18.9 Å². The van der Waals surface area contributed by atoms with Crippen LogP contribution in [0.2, 0.25) is 0 Å². The minimum atomic E-state index is -0.483. The molecular weight excluding hydrogens is 554 g/mol. The average molecular weight is 590 g/mol. The Kier molecular flexibility index (Phi) is 10.1. The van der Waals surface area contributed by atoms with E-state index in [1.165, 1.54) is 0 Å². The van der Waals surface area contributed by atoms with Crippen molar-refractivity contribution in [2.75, 3.05) is 0 Å². The fourth-order valence-electron chi connectivity index (χ4n) is 4.64. The quantitative estimate of drug-likeness (QED) is 0.175. The second kappa shape index (κ2) is 14.7. The normalized spacial score (nSPS) is 12.8. The molecule has 4 aromatic rings. The lowest BCUT2D eigenvalue weighted by Crippen LogP contribution is -2.26. The molecule has 1 heterocycles. The van der Waals surface area contributed by atoms with Crippen LogP contribution >= 0.6 is 0 Å². The van der Waals surface area contributed by atoms with Crippen molar-refractivity contribution in [3.63, 3.8) is 0 Å². The first kappa shape index (κ1) is 30.2. The van der Waals surface area contributed by atoms with Crippen molar-refractivity contribution in [2.24, 2.45) is 0 Å². The Labute approximate surface area is 257 Å². The molecule has 0 bridgehead atoms. The highest BCUT2D eigenvalue weighted by Gasteiger charge is 2.27. The van der Waals surface area contributed by atoms with Crippen molar-refractivity contribution < 1.29 is 28.5 Å². The lowest BCUT2D eigenvalue weighted by Gasteiger charge is -2.22. The largest absolute Gasteiger partial charge is 0.489 e. The maximum absolute atomic E-state index is 13.0. The predicted octanol–water partition coefficient (Wildman–Crippen LogP) is 7.17. The summed E-state index contributed by atoms with van der Waals surface area (Å²) in [7, 11) is 0. The van der Waals surface area contributed by atoms with Crippen LogP contribution in [0.4, 0.5) is 0 Å². The zero-order valence-electron chi connectivity index (χ0n) is 24.9. The molecule has 7 heteroatoms. The van der Waals surface area contributed by atoms with E-state index in [2.05, 4.69) is 5.32 Å². The van der Waals surface area contributed by atoms with E-state index in [1.807, 2.05) is 109 Å². The van der Waals surface area contributed by atoms with Gasteiger partial charge in [0.05, 0.1) is 11.1 Å². The molecule has 0 saturated heterocycles. The first-order chi connectivity index (χ1) is 21.4. The molecule has 5 rings (SSSR count). The Balaban J connectivity index is 1.08. The SMILES string of the molecule is CC1=C(C(=O)OCc2ccc(OCc3ccccc3)cc2)CC(C(=O)OCc2ccc(OCc3ccccc3)cc2)=C(C)N1. The van der Waals surface area contributed by atoms with Crippen molar-refractivity contribution in [1.82, 2.24) is 5.32 Å². The van der Waals surface area contributed by atoms with E-state index in [1.54, 1.807) is 13.8 Å². The van der Waals surface area contributed by atoms with E-state index in [-0.39, 0.29) is 19.6 Å². The molecule has 0 fully saturated rings. The molecule has 0 aromatic heterocycles. The van der Waals surface area contributed by atoms with Gasteiger partial charge in [0.2, 0.25) is 0 Å². The maximum atomic E-state index is 13.0. The van der Waals surface area contributed by atoms with Crippen LogP contribution in [0.25, 0.3) is 0 Å². The summed E-state index contributed by atoms with van der Waals surface area (Å²) < 4.78 is 22.8. The summed E-state index contributed by atoms with van der Waals surface area (Å²) in [6, 6.07) is 34.7. The van der Waals surface area contributed by atoms with Crippen molar-refractivity contribution in [1.29, 1.82) is 0 Å². The number of hydrogen-bond acceptors (Lipinski definition) is 7. The Bertz CT molecular complexity index is 1500. The topological polar surface area (TPSA) is 83.1 Å². The van der Waals surface area contributed by atoms with Gasteiger partial charge in [-0.15, -0.1) is 0 Å². The number of nitrogens with one attached hydrogen (secondary N) is 1. The Hall–Kier alpha value is -5.30. The van der Waals surface area contributed by atoms with E-state index in [0.29, 0.717) is 35.8 Å². The third kappa shape index (κ3) is 8.38. The Morgan fingerprint density at radius 3 is 1.27 bits per heavy atom. The molecule has 1 aliphatic rings. The number of benzene rings is 4. The summed E-state index contributed by atoms with van der Waals surface area (Å²) in [5.74, 6) is 0.497. The second-order valence-electron chi connectivity index (χ2n) is 10.5. The number of hydrogen-bond donors (Lipinski definition) is 1. The molecule has 7 nitrogen and oxygen atoms in total. The molecule has 1 N–H and O–H groups in total. The van der Waals surface area contributed by atoms with Crippen LogP contribution in [0.5, 0.6) is 11.5 Å². The minimum absolute atomic E-state index is 0.0993. The molecule has 0 aliphatic carbocycles. The fourth-order valence-corrected chi connectivity index (χ4v) is 4.64. The van der Waals surface area contributed by atoms with Gasteiger partial charge in [-0.3, -0.25) is 0 Å². The first-order valence-electron chi connectivity index (χ1n) is 14.5. The van der Waals surface area contributed by atoms with Crippen LogP contribution in [0.15, 0.2) is 132 Å². The monoisotopic (exact) mass is 589 g/mol. The third-order valence-electron chi connectivity index (χ3n) is 7.21. The van der Waals surface area contributed by atoms with Crippen LogP contribution in [-0.2, 0) is 45.5 Å². The number of esters is 2. The molecule has 44 heavy (non-hydrogen) atoms. The number of carbonyl (C=O) groups excluding carboxylic acids is 2. The molecule has 0 radical (unpaired) electrons. The van der Waals surface area contributed by atoms with Gasteiger partial charge in [-0.05, 0) is 60.4 Å². The van der Waals surface area contributed by atoms with Crippen LogP contribution < -0.4 is 14.8 Å². The summed E-state index contributed by atoms with van der Waals surface area (Å²) in [6.07, 6.45) is 0.126.